The second kappa shape index (κ2) is 14.9. The molecule has 17 heteroatoms. The van der Waals surface area contributed by atoms with Crippen molar-refractivity contribution in [1.82, 2.24) is 24.8 Å². The lowest BCUT2D eigenvalue weighted by molar-refractivity contribution is -0.141. The van der Waals surface area contributed by atoms with E-state index in [0.717, 1.165) is 23.6 Å². The number of halogens is 4. The molecular formula is C35H37F4N7O5S. The predicted molar refractivity (Wildman–Crippen MR) is 184 cm³/mol. The minimum Gasteiger partial charge on any atom is -0.598 e. The molecule has 1 fully saturated rings. The smallest absolute Gasteiger partial charge is 0.435 e. The maximum atomic E-state index is 15.6. The van der Waals surface area contributed by atoms with Gasteiger partial charge in [0, 0.05) is 30.2 Å². The molecule has 0 spiro atoms. The SMILES string of the molecule is CC(C)(C)[S@@+]([O-])N[C@@](CCC1CC1)(c1ccc(C(N)=O)nc1)c1ccc(F)c(NC(=O)c2cc(C(F)(F)F)nn2-c2cccc(CNC(=O)O)c2)c1. The highest BCUT2D eigenvalue weighted by atomic mass is 32.2. The van der Waals surface area contributed by atoms with E-state index in [1.807, 2.05) is 0 Å². The van der Waals surface area contributed by atoms with E-state index < -0.39 is 62.9 Å². The third-order valence-corrected chi connectivity index (χ3v) is 10.1. The van der Waals surface area contributed by atoms with Crippen molar-refractivity contribution in [3.63, 3.8) is 0 Å². The van der Waals surface area contributed by atoms with Gasteiger partial charge in [0.15, 0.2) is 5.69 Å². The lowest BCUT2D eigenvalue weighted by Crippen LogP contribution is -2.52. The van der Waals surface area contributed by atoms with Gasteiger partial charge in [-0.2, -0.15) is 18.3 Å². The highest BCUT2D eigenvalue weighted by molar-refractivity contribution is 7.90. The number of nitrogens with zero attached hydrogens (tertiary/aromatic N) is 3. The summed E-state index contributed by atoms with van der Waals surface area (Å²) in [4.78, 5) is 40.8. The van der Waals surface area contributed by atoms with Gasteiger partial charge >= 0.3 is 12.3 Å². The Morgan fingerprint density at radius 3 is 2.35 bits per heavy atom. The van der Waals surface area contributed by atoms with Crippen LogP contribution in [0.5, 0.6) is 0 Å². The van der Waals surface area contributed by atoms with Crippen LogP contribution in [-0.2, 0) is 29.6 Å². The Labute approximate surface area is 299 Å². The van der Waals surface area contributed by atoms with E-state index in [4.69, 9.17) is 10.8 Å². The summed E-state index contributed by atoms with van der Waals surface area (Å²) in [6.45, 7) is 5.13. The zero-order valence-electron chi connectivity index (χ0n) is 28.4. The number of hydrogen-bond acceptors (Lipinski definition) is 7. The molecule has 52 heavy (non-hydrogen) atoms. The van der Waals surface area contributed by atoms with Crippen LogP contribution in [0, 0.1) is 11.7 Å². The van der Waals surface area contributed by atoms with Gasteiger partial charge in [0.2, 0.25) is 0 Å². The molecule has 6 N–H and O–H groups in total. The van der Waals surface area contributed by atoms with Crippen LogP contribution >= 0.6 is 0 Å². The summed E-state index contributed by atoms with van der Waals surface area (Å²) in [7, 11) is 0. The second-order valence-corrected chi connectivity index (χ2v) is 15.4. The number of aromatic nitrogens is 3. The molecule has 0 radical (unpaired) electrons. The van der Waals surface area contributed by atoms with E-state index in [1.54, 1.807) is 26.8 Å². The van der Waals surface area contributed by atoms with E-state index >= 15 is 4.39 Å². The predicted octanol–water partition coefficient (Wildman–Crippen LogP) is 6.03. The van der Waals surface area contributed by atoms with Crippen molar-refractivity contribution in [2.45, 2.75) is 69.5 Å². The first-order valence-corrected chi connectivity index (χ1v) is 17.3. The van der Waals surface area contributed by atoms with E-state index in [-0.39, 0.29) is 23.6 Å². The van der Waals surface area contributed by atoms with Crippen LogP contribution < -0.4 is 21.1 Å². The van der Waals surface area contributed by atoms with E-state index in [0.29, 0.717) is 41.5 Å². The Balaban J connectivity index is 1.59. The fourth-order valence-electron chi connectivity index (χ4n) is 5.48. The maximum Gasteiger partial charge on any atom is 0.435 e. The number of anilines is 1. The van der Waals surface area contributed by atoms with Crippen LogP contribution in [0.1, 0.15) is 89.8 Å². The van der Waals surface area contributed by atoms with Crippen molar-refractivity contribution < 1.29 is 41.6 Å². The fraction of sp³-hybridized carbons (Fsp3) is 0.343. The molecule has 1 aliphatic carbocycles. The molecule has 3 amide bonds. The zero-order valence-corrected chi connectivity index (χ0v) is 29.2. The number of carbonyl (C=O) groups excluding carboxylic acids is 2. The molecule has 12 nitrogen and oxygen atoms in total. The molecule has 276 valence electrons. The second-order valence-electron chi connectivity index (χ2n) is 13.5. The monoisotopic (exact) mass is 743 g/mol. The first-order chi connectivity index (χ1) is 24.4. The molecule has 0 unspecified atom stereocenters. The number of carboxylic acid groups (broad SMARTS) is 1. The van der Waals surface area contributed by atoms with Gasteiger partial charge in [-0.3, -0.25) is 14.6 Å². The van der Waals surface area contributed by atoms with Gasteiger partial charge < -0.3 is 26.0 Å². The number of nitrogens with one attached hydrogen (secondary N) is 3. The molecule has 5 rings (SSSR count). The topological polar surface area (TPSA) is 187 Å². The number of primary amides is 1. The van der Waals surface area contributed by atoms with Crippen molar-refractivity contribution in [3.05, 3.63) is 106 Å². The number of nitrogens with two attached hydrogens (primary N) is 1. The Morgan fingerprint density at radius 1 is 1.04 bits per heavy atom. The summed E-state index contributed by atoms with van der Waals surface area (Å²) in [5.41, 5.74) is 2.98. The van der Waals surface area contributed by atoms with E-state index in [9.17, 15) is 32.1 Å². The molecule has 0 bridgehead atoms. The summed E-state index contributed by atoms with van der Waals surface area (Å²) < 4.78 is 74.1. The quantitative estimate of drug-likeness (QED) is 0.0811. The molecule has 2 atom stereocenters. The summed E-state index contributed by atoms with van der Waals surface area (Å²) in [6.07, 6.45) is -1.83. The fourth-order valence-corrected chi connectivity index (χ4v) is 6.44. The Kier molecular flexibility index (Phi) is 11.0. The Hall–Kier alpha value is -5.00. The average Bonchev–Trinajstić information content (AvgIpc) is 3.80. The lowest BCUT2D eigenvalue weighted by atomic mass is 9.80. The summed E-state index contributed by atoms with van der Waals surface area (Å²) in [5, 5.41) is 17.1. The van der Waals surface area contributed by atoms with Gasteiger partial charge in [0.1, 0.15) is 27.5 Å². The number of carbonyl (C=O) groups is 3. The third kappa shape index (κ3) is 8.89. The first kappa shape index (κ1) is 38.2. The summed E-state index contributed by atoms with van der Waals surface area (Å²) in [5.74, 6) is -2.40. The van der Waals surface area contributed by atoms with Crippen LogP contribution in [-0.4, -0.2) is 47.1 Å². The molecule has 0 saturated heterocycles. The number of benzene rings is 2. The normalized spacial score (nSPS) is 15.1. The molecule has 2 aromatic heterocycles. The minimum atomic E-state index is -4.94. The Bertz CT molecular complexity index is 1960. The Morgan fingerprint density at radius 2 is 1.75 bits per heavy atom. The molecule has 4 aromatic rings. The maximum absolute atomic E-state index is 15.6. The first-order valence-electron chi connectivity index (χ1n) is 16.2. The minimum absolute atomic E-state index is 0.0117. The van der Waals surface area contributed by atoms with E-state index in [1.165, 1.54) is 48.7 Å². The molecule has 2 aromatic carbocycles. The van der Waals surface area contributed by atoms with Crippen molar-refractivity contribution in [1.29, 1.82) is 0 Å². The molecular weight excluding hydrogens is 706 g/mol. The van der Waals surface area contributed by atoms with Crippen LogP contribution in [0.2, 0.25) is 0 Å². The molecule has 1 saturated carbocycles. The number of rotatable bonds is 13. The number of pyridine rings is 1. The van der Waals surface area contributed by atoms with Crippen LogP contribution in [0.15, 0.2) is 66.9 Å². The zero-order chi connectivity index (χ0) is 38.0. The number of amides is 3. The van der Waals surface area contributed by atoms with Gasteiger partial charge in [-0.15, -0.1) is 4.72 Å². The van der Waals surface area contributed by atoms with Gasteiger partial charge in [-0.05, 0) is 86.6 Å². The summed E-state index contributed by atoms with van der Waals surface area (Å²) >= 11 is -1.71. The highest BCUT2D eigenvalue weighted by Crippen LogP contribution is 2.43. The van der Waals surface area contributed by atoms with Gasteiger partial charge in [-0.1, -0.05) is 37.1 Å². The lowest BCUT2D eigenvalue weighted by Gasteiger charge is -2.38. The standard InChI is InChI=1S/C35H37F4N7O5S/c1-33(2,3)52(51)45-34(14-13-20-7-8-20,23-10-12-26(30(40)47)41-19-23)22-9-11-25(36)27(16-22)43-31(48)28-17-29(35(37,38)39)44-46(28)24-6-4-5-21(15-24)18-42-32(49)50/h4-6,9-12,15-17,19-20,42,45H,7-8,13-14,18H2,1-3H3,(H2,40,47)(H,43,48)(H,49,50)/t34-,52-/m1/s1. The van der Waals surface area contributed by atoms with Crippen LogP contribution in [0.25, 0.3) is 5.69 Å². The average molecular weight is 744 g/mol. The van der Waals surface area contributed by atoms with Gasteiger partial charge in [-0.25, -0.2) is 13.9 Å². The third-order valence-electron chi connectivity index (χ3n) is 8.50. The molecule has 2 heterocycles. The van der Waals surface area contributed by atoms with Crippen molar-refractivity contribution in [3.8, 4) is 5.69 Å². The number of alkyl halides is 3. The molecule has 1 aliphatic rings. The van der Waals surface area contributed by atoms with E-state index in [2.05, 4.69) is 25.4 Å². The van der Waals surface area contributed by atoms with Crippen molar-refractivity contribution in [2.75, 3.05) is 5.32 Å². The highest BCUT2D eigenvalue weighted by Gasteiger charge is 2.44. The largest absolute Gasteiger partial charge is 0.598 e. The number of hydrogen-bond donors (Lipinski definition) is 5. The van der Waals surface area contributed by atoms with Crippen molar-refractivity contribution >= 4 is 35.0 Å². The van der Waals surface area contributed by atoms with Gasteiger partial charge in [0.05, 0.1) is 11.4 Å². The van der Waals surface area contributed by atoms with Crippen molar-refractivity contribution in [2.24, 2.45) is 11.7 Å². The van der Waals surface area contributed by atoms with Gasteiger partial charge in [0.25, 0.3) is 11.8 Å². The molecule has 0 aliphatic heterocycles. The van der Waals surface area contributed by atoms with Crippen LogP contribution in [0.3, 0.4) is 0 Å². The summed E-state index contributed by atoms with van der Waals surface area (Å²) in [6, 6.07) is 13.1. The van der Waals surface area contributed by atoms with Crippen LogP contribution in [0.4, 0.5) is 28.0 Å².